The van der Waals surface area contributed by atoms with E-state index in [-0.39, 0.29) is 5.91 Å². The number of nitrogens with one attached hydrogen (secondary N) is 1. The maximum absolute atomic E-state index is 12.0. The number of hydrogen-bond donors (Lipinski definition) is 1. The van der Waals surface area contributed by atoms with E-state index in [1.54, 1.807) is 37.2 Å². The molecule has 0 fully saturated rings. The molecule has 0 unspecified atom stereocenters. The third-order valence-corrected chi connectivity index (χ3v) is 3.61. The lowest BCUT2D eigenvalue weighted by molar-refractivity contribution is 0.0827. The third-order valence-electron chi connectivity index (χ3n) is 3.28. The summed E-state index contributed by atoms with van der Waals surface area (Å²) in [5.74, 6) is -0.0353. The van der Waals surface area contributed by atoms with E-state index in [0.717, 1.165) is 12.2 Å². The van der Waals surface area contributed by atoms with Crippen LogP contribution in [0.1, 0.15) is 22.8 Å². The fourth-order valence-corrected chi connectivity index (χ4v) is 2.23. The van der Waals surface area contributed by atoms with Gasteiger partial charge in [-0.25, -0.2) is 0 Å². The minimum atomic E-state index is -0.0353. The first-order chi connectivity index (χ1) is 10.0. The quantitative estimate of drug-likeness (QED) is 0.918. The average molecular weight is 306 g/mol. The molecule has 21 heavy (non-hydrogen) atoms. The number of rotatable bonds is 5. The zero-order valence-electron chi connectivity index (χ0n) is 12.6. The van der Waals surface area contributed by atoms with Crippen molar-refractivity contribution in [3.63, 3.8) is 0 Å². The van der Waals surface area contributed by atoms with E-state index in [2.05, 4.69) is 29.1 Å². The lowest BCUT2D eigenvalue weighted by Gasteiger charge is -2.13. The molecule has 0 spiro atoms. The third kappa shape index (κ3) is 3.79. The Morgan fingerprint density at radius 2 is 2.10 bits per heavy atom. The van der Waals surface area contributed by atoms with Gasteiger partial charge in [-0.3, -0.25) is 4.79 Å². The monoisotopic (exact) mass is 305 g/mol. The molecule has 2 rings (SSSR count). The molecule has 1 aromatic heterocycles. The molecular weight excluding hydrogens is 286 g/mol. The van der Waals surface area contributed by atoms with Gasteiger partial charge in [0, 0.05) is 45.1 Å². The van der Waals surface area contributed by atoms with Crippen molar-refractivity contribution in [3.8, 4) is 0 Å². The summed E-state index contributed by atoms with van der Waals surface area (Å²) in [5.41, 5.74) is 2.57. The first-order valence-corrected chi connectivity index (χ1v) is 7.28. The summed E-state index contributed by atoms with van der Waals surface area (Å²) in [6.07, 6.45) is 4.14. The Morgan fingerprint density at radius 3 is 2.71 bits per heavy atom. The lowest BCUT2D eigenvalue weighted by atomic mass is 10.1. The second-order valence-electron chi connectivity index (χ2n) is 5.10. The van der Waals surface area contributed by atoms with Crippen LogP contribution in [0.2, 0.25) is 5.02 Å². The molecule has 5 heteroatoms. The van der Waals surface area contributed by atoms with Crippen molar-refractivity contribution < 1.29 is 4.79 Å². The number of carbonyl (C=O) groups is 1. The number of amides is 1. The number of benzene rings is 1. The van der Waals surface area contributed by atoms with Gasteiger partial charge in [-0.1, -0.05) is 11.6 Å². The first kappa shape index (κ1) is 15.4. The van der Waals surface area contributed by atoms with E-state index in [9.17, 15) is 4.79 Å². The highest BCUT2D eigenvalue weighted by molar-refractivity contribution is 6.33. The van der Waals surface area contributed by atoms with Crippen LogP contribution in [0.5, 0.6) is 0 Å². The van der Waals surface area contributed by atoms with E-state index in [1.165, 1.54) is 5.56 Å². The number of anilines is 1. The van der Waals surface area contributed by atoms with Crippen LogP contribution in [-0.2, 0) is 13.1 Å². The molecule has 1 N–H and O–H groups in total. The SMILES string of the molecule is CCn1ccc(CNc2cc(C(=O)N(C)C)ccc2Cl)c1. The van der Waals surface area contributed by atoms with E-state index in [1.807, 2.05) is 6.20 Å². The van der Waals surface area contributed by atoms with Crippen LogP contribution in [0.15, 0.2) is 36.7 Å². The lowest BCUT2D eigenvalue weighted by Crippen LogP contribution is -2.21. The van der Waals surface area contributed by atoms with Gasteiger partial charge < -0.3 is 14.8 Å². The number of aromatic nitrogens is 1. The van der Waals surface area contributed by atoms with Gasteiger partial charge in [0.15, 0.2) is 0 Å². The second-order valence-corrected chi connectivity index (χ2v) is 5.51. The average Bonchev–Trinajstić information content (AvgIpc) is 2.93. The highest BCUT2D eigenvalue weighted by atomic mass is 35.5. The van der Waals surface area contributed by atoms with Crippen LogP contribution in [0, 0.1) is 0 Å². The van der Waals surface area contributed by atoms with Crippen molar-refractivity contribution in [2.75, 3.05) is 19.4 Å². The van der Waals surface area contributed by atoms with Crippen LogP contribution in [0.3, 0.4) is 0 Å². The Balaban J connectivity index is 2.11. The summed E-state index contributed by atoms with van der Waals surface area (Å²) in [7, 11) is 3.47. The Bertz CT molecular complexity index is 634. The number of nitrogens with zero attached hydrogens (tertiary/aromatic N) is 2. The summed E-state index contributed by atoms with van der Waals surface area (Å²) >= 11 is 6.19. The molecule has 4 nitrogen and oxygen atoms in total. The number of hydrogen-bond acceptors (Lipinski definition) is 2. The first-order valence-electron chi connectivity index (χ1n) is 6.91. The van der Waals surface area contributed by atoms with Crippen molar-refractivity contribution in [3.05, 3.63) is 52.8 Å². The molecule has 112 valence electrons. The zero-order chi connectivity index (χ0) is 15.4. The van der Waals surface area contributed by atoms with Crippen molar-refractivity contribution in [1.82, 2.24) is 9.47 Å². The maximum atomic E-state index is 12.0. The standard InChI is InChI=1S/C16H20ClN3O/c1-4-20-8-7-12(11-20)10-18-15-9-13(5-6-14(15)17)16(21)19(2)3/h5-9,11,18H,4,10H2,1-3H3. The van der Waals surface area contributed by atoms with Gasteiger partial charge in [0.25, 0.3) is 5.91 Å². The zero-order valence-corrected chi connectivity index (χ0v) is 13.3. The van der Waals surface area contributed by atoms with E-state index in [0.29, 0.717) is 17.1 Å². The van der Waals surface area contributed by atoms with Crippen molar-refractivity contribution in [1.29, 1.82) is 0 Å². The van der Waals surface area contributed by atoms with Crippen LogP contribution in [0.4, 0.5) is 5.69 Å². The Kier molecular flexibility index (Phi) is 4.91. The van der Waals surface area contributed by atoms with Gasteiger partial charge in [0.05, 0.1) is 10.7 Å². The predicted molar refractivity (Wildman–Crippen MR) is 86.9 cm³/mol. The molecular formula is C16H20ClN3O. The Morgan fingerprint density at radius 1 is 1.33 bits per heavy atom. The number of halogens is 1. The van der Waals surface area contributed by atoms with E-state index in [4.69, 9.17) is 11.6 Å². The molecule has 1 amide bonds. The largest absolute Gasteiger partial charge is 0.380 e. The minimum absolute atomic E-state index is 0.0353. The normalized spacial score (nSPS) is 10.5. The van der Waals surface area contributed by atoms with E-state index < -0.39 is 0 Å². The molecule has 0 saturated heterocycles. The molecule has 2 aromatic rings. The highest BCUT2D eigenvalue weighted by Crippen LogP contribution is 2.24. The molecule has 0 saturated carbocycles. The molecule has 0 aliphatic carbocycles. The molecule has 0 atom stereocenters. The van der Waals surface area contributed by atoms with Crippen LogP contribution < -0.4 is 5.32 Å². The van der Waals surface area contributed by atoms with Gasteiger partial charge >= 0.3 is 0 Å². The predicted octanol–water partition coefficient (Wildman–Crippen LogP) is 3.48. The van der Waals surface area contributed by atoms with Crippen molar-refractivity contribution in [2.45, 2.75) is 20.0 Å². The van der Waals surface area contributed by atoms with Crippen LogP contribution in [-0.4, -0.2) is 29.5 Å². The van der Waals surface area contributed by atoms with Gasteiger partial charge in [-0.05, 0) is 36.8 Å². The summed E-state index contributed by atoms with van der Waals surface area (Å²) in [6.45, 7) is 3.73. The summed E-state index contributed by atoms with van der Waals surface area (Å²) in [5, 5.41) is 3.90. The van der Waals surface area contributed by atoms with Gasteiger partial charge in [-0.2, -0.15) is 0 Å². The van der Waals surface area contributed by atoms with Crippen molar-refractivity contribution in [2.24, 2.45) is 0 Å². The molecule has 0 aliphatic rings. The summed E-state index contributed by atoms with van der Waals surface area (Å²) in [6, 6.07) is 7.35. The smallest absolute Gasteiger partial charge is 0.253 e. The summed E-state index contributed by atoms with van der Waals surface area (Å²) < 4.78 is 2.12. The molecule has 1 heterocycles. The fourth-order valence-electron chi connectivity index (χ4n) is 2.04. The molecule has 1 aromatic carbocycles. The summed E-state index contributed by atoms with van der Waals surface area (Å²) in [4.78, 5) is 13.5. The van der Waals surface area contributed by atoms with Gasteiger partial charge in [0.1, 0.15) is 0 Å². The Labute approximate surface area is 130 Å². The number of aryl methyl sites for hydroxylation is 1. The molecule has 0 bridgehead atoms. The van der Waals surface area contributed by atoms with Crippen LogP contribution >= 0.6 is 11.6 Å². The second kappa shape index (κ2) is 6.68. The van der Waals surface area contributed by atoms with Gasteiger partial charge in [0.2, 0.25) is 0 Å². The van der Waals surface area contributed by atoms with E-state index >= 15 is 0 Å². The van der Waals surface area contributed by atoms with Gasteiger partial charge in [-0.15, -0.1) is 0 Å². The molecule has 0 aliphatic heterocycles. The minimum Gasteiger partial charge on any atom is -0.380 e. The molecule has 0 radical (unpaired) electrons. The maximum Gasteiger partial charge on any atom is 0.253 e. The van der Waals surface area contributed by atoms with Crippen LogP contribution in [0.25, 0.3) is 0 Å². The fraction of sp³-hybridized carbons (Fsp3) is 0.312. The number of carbonyl (C=O) groups excluding carboxylic acids is 1. The topological polar surface area (TPSA) is 37.3 Å². The van der Waals surface area contributed by atoms with Crippen molar-refractivity contribution >= 4 is 23.2 Å². The highest BCUT2D eigenvalue weighted by Gasteiger charge is 2.10. The Hall–Kier alpha value is -1.94.